The van der Waals surface area contributed by atoms with Gasteiger partial charge in [-0.2, -0.15) is 0 Å². The Morgan fingerprint density at radius 3 is 2.91 bits per heavy atom. The third-order valence-electron chi connectivity index (χ3n) is 3.04. The first-order chi connectivity index (χ1) is 11.2. The van der Waals surface area contributed by atoms with Crippen molar-refractivity contribution in [1.82, 2.24) is 9.97 Å². The van der Waals surface area contributed by atoms with E-state index < -0.39 is 0 Å². The van der Waals surface area contributed by atoms with E-state index in [1.807, 2.05) is 35.7 Å². The molecule has 0 radical (unpaired) electrons. The van der Waals surface area contributed by atoms with Crippen molar-refractivity contribution >= 4 is 28.1 Å². The minimum absolute atomic E-state index is 0.256. The first-order valence-electron chi connectivity index (χ1n) is 7.19. The highest BCUT2D eigenvalue weighted by Gasteiger charge is 2.07. The highest BCUT2D eigenvalue weighted by Crippen LogP contribution is 2.27. The number of carbonyl (C=O) groups excluding carboxylic acids is 1. The normalized spacial score (nSPS) is 10.3. The van der Waals surface area contributed by atoms with E-state index in [0.29, 0.717) is 12.2 Å². The molecule has 0 aliphatic heterocycles. The second-order valence-corrected chi connectivity index (χ2v) is 5.59. The van der Waals surface area contributed by atoms with Gasteiger partial charge in [0.15, 0.2) is 5.13 Å². The molecule has 0 spiro atoms. The number of hydrogen-bond acceptors (Lipinski definition) is 6. The number of rotatable bonds is 5. The number of ether oxygens (including phenoxy) is 1. The minimum Gasteiger partial charge on any atom is -0.426 e. The lowest BCUT2D eigenvalue weighted by molar-refractivity contribution is -0.134. The number of thiazole rings is 1. The molecular weight excluding hydrogens is 310 g/mol. The number of esters is 1. The quantitative estimate of drug-likeness (QED) is 0.561. The Bertz CT molecular complexity index is 802. The van der Waals surface area contributed by atoms with Gasteiger partial charge < -0.3 is 10.1 Å². The molecule has 2 heterocycles. The molecule has 0 saturated carbocycles. The molecule has 0 saturated heterocycles. The van der Waals surface area contributed by atoms with Crippen molar-refractivity contribution < 1.29 is 9.53 Å². The summed E-state index contributed by atoms with van der Waals surface area (Å²) in [6.45, 7) is 1.76. The number of benzene rings is 1. The first-order valence-corrected chi connectivity index (χ1v) is 8.07. The average molecular weight is 325 g/mol. The summed E-state index contributed by atoms with van der Waals surface area (Å²) in [5, 5.41) is 5.92. The lowest BCUT2D eigenvalue weighted by Crippen LogP contribution is -2.05. The fourth-order valence-corrected chi connectivity index (χ4v) is 2.65. The molecule has 0 aliphatic carbocycles. The Morgan fingerprint density at radius 2 is 2.13 bits per heavy atom. The maximum absolute atomic E-state index is 11.4. The van der Waals surface area contributed by atoms with Crippen LogP contribution in [-0.2, 0) is 4.79 Å². The summed E-state index contributed by atoms with van der Waals surface area (Å²) in [6, 6.07) is 13.0. The molecule has 1 N–H and O–H groups in total. The fraction of sp³-hybridized carbons (Fsp3) is 0.118. The highest BCUT2D eigenvalue weighted by molar-refractivity contribution is 7.14. The van der Waals surface area contributed by atoms with E-state index in [9.17, 15) is 4.79 Å². The van der Waals surface area contributed by atoms with Crippen molar-refractivity contribution in [1.29, 1.82) is 0 Å². The van der Waals surface area contributed by atoms with E-state index in [-0.39, 0.29) is 5.97 Å². The van der Waals surface area contributed by atoms with Crippen LogP contribution in [0.3, 0.4) is 0 Å². The van der Waals surface area contributed by atoms with Gasteiger partial charge in [-0.05, 0) is 24.3 Å². The lowest BCUT2D eigenvalue weighted by Gasteiger charge is -2.06. The fourth-order valence-electron chi connectivity index (χ4n) is 1.93. The summed E-state index contributed by atoms with van der Waals surface area (Å²) in [5.41, 5.74) is 2.47. The highest BCUT2D eigenvalue weighted by atomic mass is 32.1. The molecule has 1 aromatic carbocycles. The molecule has 23 heavy (non-hydrogen) atoms. The molecule has 0 bridgehead atoms. The van der Waals surface area contributed by atoms with Crippen LogP contribution in [0.1, 0.15) is 13.3 Å². The number of pyridine rings is 1. The molecule has 0 unspecified atom stereocenters. The first kappa shape index (κ1) is 15.2. The van der Waals surface area contributed by atoms with E-state index in [1.54, 1.807) is 25.3 Å². The molecule has 3 rings (SSSR count). The van der Waals surface area contributed by atoms with Crippen molar-refractivity contribution in [3.05, 3.63) is 54.0 Å². The molecule has 6 heteroatoms. The third-order valence-corrected chi connectivity index (χ3v) is 3.79. The van der Waals surface area contributed by atoms with Crippen molar-refractivity contribution in [3.8, 4) is 17.1 Å². The van der Waals surface area contributed by atoms with Crippen molar-refractivity contribution in [2.45, 2.75) is 13.3 Å². The molecule has 0 aliphatic rings. The zero-order valence-corrected chi connectivity index (χ0v) is 13.3. The Morgan fingerprint density at radius 1 is 1.22 bits per heavy atom. The number of nitrogens with one attached hydrogen (secondary N) is 1. The van der Waals surface area contributed by atoms with E-state index in [4.69, 9.17) is 4.74 Å². The van der Waals surface area contributed by atoms with Gasteiger partial charge in [0, 0.05) is 29.8 Å². The summed E-state index contributed by atoms with van der Waals surface area (Å²) >= 11 is 1.49. The van der Waals surface area contributed by atoms with E-state index >= 15 is 0 Å². The van der Waals surface area contributed by atoms with Gasteiger partial charge >= 0.3 is 5.97 Å². The Kier molecular flexibility index (Phi) is 4.63. The molecule has 5 nitrogen and oxygen atoms in total. The van der Waals surface area contributed by atoms with Crippen LogP contribution in [0.2, 0.25) is 0 Å². The third kappa shape index (κ3) is 3.92. The SMILES string of the molecule is CCC(=O)Oc1cccc(Nc2nc(-c3ccccn3)cs2)c1. The largest absolute Gasteiger partial charge is 0.426 e. The van der Waals surface area contributed by atoms with Crippen molar-refractivity contribution in [2.75, 3.05) is 5.32 Å². The molecule has 0 fully saturated rings. The van der Waals surface area contributed by atoms with Crippen LogP contribution >= 0.6 is 11.3 Å². The Balaban J connectivity index is 1.74. The molecule has 0 amide bonds. The lowest BCUT2D eigenvalue weighted by atomic mass is 10.3. The van der Waals surface area contributed by atoms with Crippen LogP contribution in [0.4, 0.5) is 10.8 Å². The number of hydrogen-bond donors (Lipinski definition) is 1. The van der Waals surface area contributed by atoms with Gasteiger partial charge in [0.2, 0.25) is 0 Å². The summed E-state index contributed by atoms with van der Waals surface area (Å²) in [4.78, 5) is 20.2. The monoisotopic (exact) mass is 325 g/mol. The van der Waals surface area contributed by atoms with Gasteiger partial charge in [-0.15, -0.1) is 11.3 Å². The summed E-state index contributed by atoms with van der Waals surface area (Å²) in [7, 11) is 0. The van der Waals surface area contributed by atoms with E-state index in [0.717, 1.165) is 22.2 Å². The predicted octanol–water partition coefficient (Wildman–Crippen LogP) is 4.26. The van der Waals surface area contributed by atoms with Gasteiger partial charge in [-0.25, -0.2) is 4.98 Å². The average Bonchev–Trinajstić information content (AvgIpc) is 3.04. The maximum atomic E-state index is 11.4. The van der Waals surface area contributed by atoms with E-state index in [2.05, 4.69) is 15.3 Å². The molecule has 0 atom stereocenters. The number of aromatic nitrogens is 2. The van der Waals surface area contributed by atoms with Gasteiger partial charge in [0.05, 0.1) is 5.69 Å². The maximum Gasteiger partial charge on any atom is 0.310 e. The Labute approximate surface area is 138 Å². The zero-order valence-electron chi connectivity index (χ0n) is 12.5. The van der Waals surface area contributed by atoms with Crippen LogP contribution in [0.15, 0.2) is 54.0 Å². The summed E-state index contributed by atoms with van der Waals surface area (Å²) in [5.74, 6) is 0.261. The van der Waals surface area contributed by atoms with Gasteiger partial charge in [-0.3, -0.25) is 9.78 Å². The van der Waals surface area contributed by atoms with Gasteiger partial charge in [-0.1, -0.05) is 19.1 Å². The van der Waals surface area contributed by atoms with Crippen LogP contribution in [0.25, 0.3) is 11.4 Å². The van der Waals surface area contributed by atoms with Crippen LogP contribution in [-0.4, -0.2) is 15.9 Å². The minimum atomic E-state index is -0.256. The van der Waals surface area contributed by atoms with Crippen LogP contribution in [0, 0.1) is 0 Å². The van der Waals surface area contributed by atoms with Crippen molar-refractivity contribution in [2.24, 2.45) is 0 Å². The van der Waals surface area contributed by atoms with Crippen molar-refractivity contribution in [3.63, 3.8) is 0 Å². The van der Waals surface area contributed by atoms with Crippen LogP contribution < -0.4 is 10.1 Å². The second-order valence-electron chi connectivity index (χ2n) is 4.73. The summed E-state index contributed by atoms with van der Waals surface area (Å²) < 4.78 is 5.21. The molecule has 116 valence electrons. The number of anilines is 2. The second kappa shape index (κ2) is 7.02. The zero-order chi connectivity index (χ0) is 16.1. The number of carbonyl (C=O) groups is 1. The van der Waals surface area contributed by atoms with Gasteiger partial charge in [0.1, 0.15) is 11.4 Å². The predicted molar refractivity (Wildman–Crippen MR) is 91.0 cm³/mol. The molecule has 3 aromatic rings. The number of nitrogens with zero attached hydrogens (tertiary/aromatic N) is 2. The standard InChI is InChI=1S/C17H15N3O2S/c1-2-16(21)22-13-7-5-6-12(10-13)19-17-20-15(11-23-17)14-8-3-4-9-18-14/h3-11H,2H2,1H3,(H,19,20). The molecule has 2 aromatic heterocycles. The topological polar surface area (TPSA) is 64.1 Å². The van der Waals surface area contributed by atoms with E-state index in [1.165, 1.54) is 11.3 Å². The summed E-state index contributed by atoms with van der Waals surface area (Å²) in [6.07, 6.45) is 2.09. The Hall–Kier alpha value is -2.73. The molecular formula is C17H15N3O2S. The smallest absolute Gasteiger partial charge is 0.310 e. The van der Waals surface area contributed by atoms with Gasteiger partial charge in [0.25, 0.3) is 0 Å². The van der Waals surface area contributed by atoms with Crippen LogP contribution in [0.5, 0.6) is 5.75 Å².